The first-order valence-electron chi connectivity index (χ1n) is 12.6. The van der Waals surface area contributed by atoms with Crippen LogP contribution >= 0.6 is 11.3 Å². The number of thiazole rings is 1. The molecule has 1 N–H and O–H groups in total. The normalized spacial score (nSPS) is 31.5. The van der Waals surface area contributed by atoms with E-state index in [1.807, 2.05) is 5.38 Å². The zero-order valence-electron chi connectivity index (χ0n) is 20.0. The Morgan fingerprint density at radius 1 is 1.20 bits per heavy atom. The van der Waals surface area contributed by atoms with Gasteiger partial charge in [-0.05, 0) is 73.4 Å². The highest BCUT2D eigenvalue weighted by Gasteiger charge is 2.53. The van der Waals surface area contributed by atoms with Crippen LogP contribution in [-0.2, 0) is 4.43 Å². The summed E-state index contributed by atoms with van der Waals surface area (Å²) in [6.45, 7) is 12.2. The molecular formula is C25H45NO2SSi. The fraction of sp³-hybridized carbons (Fsp3) is 0.880. The largest absolute Gasteiger partial charge is 0.414 e. The molecule has 3 rings (SSSR count). The van der Waals surface area contributed by atoms with Crippen LogP contribution in [-0.4, -0.2) is 24.5 Å². The lowest BCUT2D eigenvalue weighted by Gasteiger charge is -2.49. The molecule has 2 aliphatic carbocycles. The van der Waals surface area contributed by atoms with Crippen molar-refractivity contribution in [3.05, 3.63) is 16.6 Å². The van der Waals surface area contributed by atoms with E-state index in [0.717, 1.165) is 35.6 Å². The van der Waals surface area contributed by atoms with Crippen molar-refractivity contribution in [2.24, 2.45) is 23.2 Å². The van der Waals surface area contributed by atoms with Gasteiger partial charge in [0.1, 0.15) is 11.1 Å². The summed E-state index contributed by atoms with van der Waals surface area (Å²) in [7, 11) is -1.54. The Morgan fingerprint density at radius 3 is 2.57 bits per heavy atom. The molecule has 3 nitrogen and oxygen atoms in total. The summed E-state index contributed by atoms with van der Waals surface area (Å²) in [5.41, 5.74) is 0.450. The van der Waals surface area contributed by atoms with Crippen molar-refractivity contribution in [1.29, 1.82) is 0 Å². The lowest BCUT2D eigenvalue weighted by Crippen LogP contribution is -2.48. The third kappa shape index (κ3) is 5.05. The van der Waals surface area contributed by atoms with Crippen LogP contribution in [0.5, 0.6) is 0 Å². The fourth-order valence-corrected chi connectivity index (χ4v) is 10.5. The van der Waals surface area contributed by atoms with Gasteiger partial charge in [-0.3, -0.25) is 0 Å². The second-order valence-electron chi connectivity index (χ2n) is 10.4. The predicted octanol–water partition coefficient (Wildman–Crippen LogP) is 7.59. The summed E-state index contributed by atoms with van der Waals surface area (Å²) < 4.78 is 7.09. The number of rotatable bonds is 11. The minimum atomic E-state index is -1.54. The lowest BCUT2D eigenvalue weighted by molar-refractivity contribution is -0.0205. The Bertz CT molecular complexity index is 627. The third-order valence-corrected chi connectivity index (χ3v) is 14.6. The van der Waals surface area contributed by atoms with Crippen LogP contribution < -0.4 is 0 Å². The van der Waals surface area contributed by atoms with Crippen molar-refractivity contribution in [3.8, 4) is 0 Å². The molecule has 5 heteroatoms. The van der Waals surface area contributed by atoms with E-state index < -0.39 is 8.32 Å². The molecule has 0 radical (unpaired) electrons. The minimum Gasteiger partial charge on any atom is -0.414 e. The van der Waals surface area contributed by atoms with E-state index in [9.17, 15) is 5.11 Å². The summed E-state index contributed by atoms with van der Waals surface area (Å²) in [4.78, 5) is 4.27. The second kappa shape index (κ2) is 10.6. The molecule has 2 saturated carbocycles. The second-order valence-corrected chi connectivity index (χ2v) is 16.0. The maximum absolute atomic E-state index is 10.4. The molecule has 0 saturated heterocycles. The number of aliphatic hydroxyl groups is 1. The Morgan fingerprint density at radius 2 is 1.93 bits per heavy atom. The Balaban J connectivity index is 1.58. The van der Waals surface area contributed by atoms with Gasteiger partial charge in [-0.1, -0.05) is 53.9 Å². The van der Waals surface area contributed by atoms with Gasteiger partial charge in [0.15, 0.2) is 8.32 Å². The van der Waals surface area contributed by atoms with Gasteiger partial charge in [0.05, 0.1) is 0 Å². The first kappa shape index (κ1) is 24.4. The van der Waals surface area contributed by atoms with E-state index in [-0.39, 0.29) is 6.10 Å². The van der Waals surface area contributed by atoms with Crippen LogP contribution in [0.15, 0.2) is 11.6 Å². The number of fused-ring (bicyclic) bond motifs is 1. The van der Waals surface area contributed by atoms with Gasteiger partial charge in [-0.2, -0.15) is 0 Å². The summed E-state index contributed by atoms with van der Waals surface area (Å²) in [5, 5.41) is 13.2. The first-order valence-corrected chi connectivity index (χ1v) is 16.0. The monoisotopic (exact) mass is 451 g/mol. The number of aromatic nitrogens is 1. The molecule has 1 aromatic heterocycles. The number of hydrogen-bond donors (Lipinski definition) is 1. The van der Waals surface area contributed by atoms with Crippen molar-refractivity contribution in [2.45, 2.75) is 116 Å². The molecule has 30 heavy (non-hydrogen) atoms. The van der Waals surface area contributed by atoms with Crippen LogP contribution in [0.3, 0.4) is 0 Å². The third-order valence-electron chi connectivity index (χ3n) is 9.03. The average Bonchev–Trinajstić information content (AvgIpc) is 3.40. The molecule has 6 atom stereocenters. The highest BCUT2D eigenvalue weighted by atomic mass is 32.1. The smallest absolute Gasteiger partial charge is 0.192 e. The quantitative estimate of drug-likeness (QED) is 0.352. The molecule has 1 aromatic rings. The maximum atomic E-state index is 10.4. The lowest BCUT2D eigenvalue weighted by atomic mass is 9.61. The zero-order valence-corrected chi connectivity index (χ0v) is 21.8. The standard InChI is InChI=1S/C25H45NO2SSi/c1-6-30(7-2,8-3)28-23-13-10-16-25(5)20(14-15-21(23)25)19(4)11-9-12-22(27)24-26-17-18-29-24/h17-23,27H,6-16H2,1-5H3/t19-,20-,21-,22?,23?,25-/m1/s1. The van der Waals surface area contributed by atoms with Crippen LogP contribution in [0.1, 0.15) is 97.1 Å². The number of nitrogens with zero attached hydrogens (tertiary/aromatic N) is 1. The molecule has 0 aliphatic heterocycles. The molecule has 0 aromatic carbocycles. The Kier molecular flexibility index (Phi) is 8.62. The highest BCUT2D eigenvalue weighted by molar-refractivity contribution is 7.09. The van der Waals surface area contributed by atoms with Crippen LogP contribution in [0.2, 0.25) is 18.1 Å². The predicted molar refractivity (Wildman–Crippen MR) is 130 cm³/mol. The molecule has 0 bridgehead atoms. The maximum Gasteiger partial charge on any atom is 0.192 e. The van der Waals surface area contributed by atoms with E-state index >= 15 is 0 Å². The van der Waals surface area contributed by atoms with Crippen LogP contribution in [0.4, 0.5) is 0 Å². The molecule has 0 spiro atoms. The molecule has 2 unspecified atom stereocenters. The minimum absolute atomic E-state index is 0.383. The fourth-order valence-electron chi connectivity index (χ4n) is 6.91. The summed E-state index contributed by atoms with van der Waals surface area (Å²) in [6, 6.07) is 3.80. The first-order chi connectivity index (χ1) is 14.4. The summed E-state index contributed by atoms with van der Waals surface area (Å²) in [6.07, 6.45) is 11.8. The van der Waals surface area contributed by atoms with E-state index in [1.165, 1.54) is 56.7 Å². The zero-order chi connectivity index (χ0) is 21.8. The average molecular weight is 452 g/mol. The van der Waals surface area contributed by atoms with Crippen LogP contribution in [0, 0.1) is 23.2 Å². The van der Waals surface area contributed by atoms with E-state index in [2.05, 4.69) is 39.6 Å². The van der Waals surface area contributed by atoms with Crippen molar-refractivity contribution < 1.29 is 9.53 Å². The number of aliphatic hydroxyl groups excluding tert-OH is 1. The summed E-state index contributed by atoms with van der Waals surface area (Å²) in [5.74, 6) is 2.30. The van der Waals surface area contributed by atoms with Gasteiger partial charge < -0.3 is 9.53 Å². The van der Waals surface area contributed by atoms with E-state index in [1.54, 1.807) is 17.5 Å². The highest BCUT2D eigenvalue weighted by Crippen LogP contribution is 2.59. The van der Waals surface area contributed by atoms with Gasteiger partial charge in [0.2, 0.25) is 0 Å². The topological polar surface area (TPSA) is 42.4 Å². The molecule has 1 heterocycles. The van der Waals surface area contributed by atoms with Crippen molar-refractivity contribution in [1.82, 2.24) is 4.98 Å². The molecule has 2 aliphatic rings. The molecule has 172 valence electrons. The van der Waals surface area contributed by atoms with Crippen molar-refractivity contribution in [2.75, 3.05) is 0 Å². The molecular weight excluding hydrogens is 406 g/mol. The van der Waals surface area contributed by atoms with Gasteiger partial charge in [0, 0.05) is 17.7 Å². The van der Waals surface area contributed by atoms with E-state index in [0.29, 0.717) is 11.5 Å². The van der Waals surface area contributed by atoms with Gasteiger partial charge in [-0.15, -0.1) is 11.3 Å². The Labute approximate surface area is 190 Å². The van der Waals surface area contributed by atoms with Crippen molar-refractivity contribution >= 4 is 19.7 Å². The molecule has 0 amide bonds. The van der Waals surface area contributed by atoms with Gasteiger partial charge in [0.25, 0.3) is 0 Å². The Hall–Kier alpha value is -0.233. The summed E-state index contributed by atoms with van der Waals surface area (Å²) >= 11 is 1.57. The van der Waals surface area contributed by atoms with Gasteiger partial charge in [-0.25, -0.2) is 4.98 Å². The van der Waals surface area contributed by atoms with Gasteiger partial charge >= 0.3 is 0 Å². The molecule has 2 fully saturated rings. The number of hydrogen-bond acceptors (Lipinski definition) is 4. The van der Waals surface area contributed by atoms with Crippen molar-refractivity contribution in [3.63, 3.8) is 0 Å². The SMILES string of the molecule is CC[Si](CC)(CC)OC1CCC[C@@]2(C)[C@@H]1CC[C@@H]2[C@H](C)CCCC(O)c1nccs1. The van der Waals surface area contributed by atoms with Crippen LogP contribution in [0.25, 0.3) is 0 Å². The van der Waals surface area contributed by atoms with E-state index in [4.69, 9.17) is 4.43 Å².